The Hall–Kier alpha value is 0.498. The van der Waals surface area contributed by atoms with Crippen molar-refractivity contribution in [2.24, 2.45) is 18.5 Å². The molecular formula is C13H18I2N4Pt. The zero-order valence-corrected chi connectivity index (χ0v) is 17.7. The summed E-state index contributed by atoms with van der Waals surface area (Å²) in [7, 11) is 2.06. The van der Waals surface area contributed by atoms with Gasteiger partial charge >= 0.3 is 94.2 Å². The Bertz CT molecular complexity index is 572. The van der Waals surface area contributed by atoms with Crippen LogP contribution in [0.25, 0.3) is 0 Å². The maximum atomic E-state index is 5.38. The molecule has 0 fully saturated rings. The second-order valence-corrected chi connectivity index (χ2v) is 11.2. The van der Waals surface area contributed by atoms with Gasteiger partial charge in [-0.2, -0.15) is 0 Å². The minimum absolute atomic E-state index is 0.241. The number of nitrogens with two attached hydrogens (primary N) is 2. The minimum Gasteiger partial charge on any atom is -0.327 e. The van der Waals surface area contributed by atoms with Crippen LogP contribution >= 0.6 is 45.2 Å². The molecule has 0 saturated heterocycles. The molecule has 0 saturated carbocycles. The number of aryl methyl sites for hydroxylation is 1. The molecule has 1 heterocycles. The SMILES string of the molecule is Cn1ccn(Cc2ccccc2)[c]1=[Pt].NCC(N)(I)I. The van der Waals surface area contributed by atoms with Crippen LogP contribution in [0, 0.1) is 3.80 Å². The number of benzene rings is 1. The average molecular weight is 679 g/mol. The largest absolute Gasteiger partial charge is 0.327 e. The first-order valence-corrected chi connectivity index (χ1v) is 9.20. The van der Waals surface area contributed by atoms with E-state index in [9.17, 15) is 0 Å². The summed E-state index contributed by atoms with van der Waals surface area (Å²) in [5.74, 6) is 0. The Morgan fingerprint density at radius 2 is 1.75 bits per heavy atom. The molecule has 0 radical (unpaired) electrons. The number of hydrogen-bond acceptors (Lipinski definition) is 2. The van der Waals surface area contributed by atoms with Crippen molar-refractivity contribution in [2.45, 2.75) is 8.10 Å². The molecule has 0 unspecified atom stereocenters. The summed E-state index contributed by atoms with van der Waals surface area (Å²) in [4.78, 5) is 0. The van der Waals surface area contributed by atoms with E-state index in [-0.39, 0.29) is 1.55 Å². The van der Waals surface area contributed by atoms with Crippen LogP contribution < -0.4 is 11.5 Å². The summed E-state index contributed by atoms with van der Waals surface area (Å²) >= 11 is 6.50. The van der Waals surface area contributed by atoms with Crippen LogP contribution in [0.3, 0.4) is 0 Å². The van der Waals surface area contributed by atoms with E-state index in [0.29, 0.717) is 6.54 Å². The van der Waals surface area contributed by atoms with Crippen molar-refractivity contribution in [1.82, 2.24) is 9.13 Å². The molecule has 1 aromatic carbocycles. The molecule has 0 bridgehead atoms. The molecule has 0 spiro atoms. The normalized spacial score (nSPS) is 10.9. The summed E-state index contributed by atoms with van der Waals surface area (Å²) in [5.41, 5.74) is 11.9. The van der Waals surface area contributed by atoms with E-state index in [4.69, 9.17) is 11.5 Å². The maximum Gasteiger partial charge on any atom is 0.132 e. The predicted molar refractivity (Wildman–Crippen MR) is 96.2 cm³/mol. The van der Waals surface area contributed by atoms with Gasteiger partial charge in [-0.15, -0.1) is 0 Å². The second-order valence-electron chi connectivity index (χ2n) is 4.23. The summed E-state index contributed by atoms with van der Waals surface area (Å²) in [6.07, 6.45) is 4.18. The zero-order chi connectivity index (χ0) is 15.2. The Labute approximate surface area is 157 Å². The Balaban J connectivity index is 0.000000286. The summed E-state index contributed by atoms with van der Waals surface area (Å²) in [6, 6.07) is 10.5. The molecule has 0 aliphatic rings. The summed E-state index contributed by atoms with van der Waals surface area (Å²) < 4.78 is 5.35. The van der Waals surface area contributed by atoms with E-state index >= 15 is 0 Å². The standard InChI is InChI=1S/C11H12N2.C2H6I2N2.Pt/c1-12-7-8-13(10-12)9-11-5-3-2-4-6-11;3-2(4,6)1-5;/h2-8H,9H2,1H3;1,5-6H2;. The molecule has 20 heavy (non-hydrogen) atoms. The van der Waals surface area contributed by atoms with Crippen LogP contribution in [-0.2, 0) is 32.9 Å². The first kappa shape index (κ1) is 18.5. The zero-order valence-electron chi connectivity index (χ0n) is 11.1. The predicted octanol–water partition coefficient (Wildman–Crippen LogP) is 2.38. The third kappa shape index (κ3) is 6.97. The van der Waals surface area contributed by atoms with Gasteiger partial charge in [-0.05, 0) is 45.2 Å². The van der Waals surface area contributed by atoms with Crippen molar-refractivity contribution in [3.05, 3.63) is 52.1 Å². The molecule has 0 aliphatic carbocycles. The molecule has 0 aliphatic heterocycles. The van der Waals surface area contributed by atoms with Crippen LogP contribution in [0.2, 0.25) is 0 Å². The number of rotatable bonds is 3. The smallest absolute Gasteiger partial charge is 0.132 e. The monoisotopic (exact) mass is 679 g/mol. The average Bonchev–Trinajstić information content (AvgIpc) is 2.72. The molecule has 2 aromatic rings. The fraction of sp³-hybridized carbons (Fsp3) is 0.308. The maximum absolute atomic E-state index is 5.38. The first-order valence-electron chi connectivity index (χ1n) is 5.91. The van der Waals surface area contributed by atoms with Gasteiger partial charge < -0.3 is 11.5 Å². The number of imidazole rings is 1. The molecule has 1 aromatic heterocycles. The number of aromatic nitrogens is 2. The van der Waals surface area contributed by atoms with Crippen molar-refractivity contribution < 1.29 is 19.4 Å². The second kappa shape index (κ2) is 8.82. The van der Waals surface area contributed by atoms with E-state index in [1.807, 2.05) is 6.07 Å². The van der Waals surface area contributed by atoms with Crippen LogP contribution in [0.1, 0.15) is 5.56 Å². The molecule has 4 nitrogen and oxygen atoms in total. The number of halogens is 2. The van der Waals surface area contributed by atoms with E-state index in [0.717, 1.165) is 6.54 Å². The van der Waals surface area contributed by atoms with Crippen molar-refractivity contribution in [3.8, 4) is 0 Å². The topological polar surface area (TPSA) is 61.9 Å². The molecule has 0 amide bonds. The van der Waals surface area contributed by atoms with Crippen LogP contribution in [0.5, 0.6) is 0 Å². The number of hydrogen-bond donors (Lipinski definition) is 2. The van der Waals surface area contributed by atoms with Gasteiger partial charge in [-0.25, -0.2) is 0 Å². The summed E-state index contributed by atoms with van der Waals surface area (Å²) in [6.45, 7) is 1.47. The van der Waals surface area contributed by atoms with Gasteiger partial charge in [0.1, 0.15) is 1.55 Å². The minimum atomic E-state index is -0.241. The molecule has 7 heteroatoms. The van der Waals surface area contributed by atoms with Crippen molar-refractivity contribution in [3.63, 3.8) is 0 Å². The molecule has 114 valence electrons. The fourth-order valence-corrected chi connectivity index (χ4v) is 1.91. The van der Waals surface area contributed by atoms with E-state index in [1.165, 1.54) is 9.37 Å². The third-order valence-electron chi connectivity index (χ3n) is 2.43. The Kier molecular flexibility index (Phi) is 8.18. The molecule has 2 rings (SSSR count). The van der Waals surface area contributed by atoms with Gasteiger partial charge in [-0.3, -0.25) is 0 Å². The van der Waals surface area contributed by atoms with Gasteiger partial charge in [0, 0.05) is 6.54 Å². The quantitative estimate of drug-likeness (QED) is 0.298. The van der Waals surface area contributed by atoms with Crippen LogP contribution in [0.15, 0.2) is 42.7 Å². The van der Waals surface area contributed by atoms with E-state index in [1.54, 1.807) is 0 Å². The summed E-state index contributed by atoms with van der Waals surface area (Å²) in [5, 5.41) is 0. The fourth-order valence-electron chi connectivity index (χ4n) is 1.39. The first-order chi connectivity index (χ1) is 9.33. The van der Waals surface area contributed by atoms with Crippen LogP contribution in [-0.4, -0.2) is 17.2 Å². The molecular weight excluding hydrogens is 661 g/mol. The third-order valence-corrected chi connectivity index (χ3v) is 4.76. The van der Waals surface area contributed by atoms with Gasteiger partial charge in [0.05, 0.1) is 0 Å². The molecule has 4 N–H and O–H groups in total. The van der Waals surface area contributed by atoms with Gasteiger partial charge in [-0.1, -0.05) is 0 Å². The van der Waals surface area contributed by atoms with E-state index in [2.05, 4.69) is 117 Å². The van der Waals surface area contributed by atoms with Gasteiger partial charge in [0.15, 0.2) is 0 Å². The van der Waals surface area contributed by atoms with Crippen LogP contribution in [0.4, 0.5) is 0 Å². The van der Waals surface area contributed by atoms with Gasteiger partial charge in [0.2, 0.25) is 0 Å². The van der Waals surface area contributed by atoms with Crippen molar-refractivity contribution in [2.75, 3.05) is 6.54 Å². The number of nitrogens with zero attached hydrogens (tertiary/aromatic N) is 2. The number of alkyl halides is 2. The van der Waals surface area contributed by atoms with Gasteiger partial charge in [0.25, 0.3) is 0 Å². The Morgan fingerprint density at radius 3 is 2.15 bits per heavy atom. The Morgan fingerprint density at radius 1 is 1.20 bits per heavy atom. The van der Waals surface area contributed by atoms with Crippen molar-refractivity contribution >= 4 is 45.2 Å². The van der Waals surface area contributed by atoms with Crippen molar-refractivity contribution in [1.29, 1.82) is 0 Å². The van der Waals surface area contributed by atoms with E-state index < -0.39 is 0 Å². The molecule has 0 atom stereocenters.